The number of benzene rings is 2. The van der Waals surface area contributed by atoms with Gasteiger partial charge in [0, 0.05) is 12.0 Å². The number of carbonyl (C=O) groups is 1. The van der Waals surface area contributed by atoms with Crippen LogP contribution in [0.25, 0.3) is 22.4 Å². The first-order chi connectivity index (χ1) is 15.1. The molecule has 5 heteroatoms. The Bertz CT molecular complexity index is 1100. The number of aromatic nitrogens is 1. The summed E-state index contributed by atoms with van der Waals surface area (Å²) in [6.45, 7) is 13.1. The van der Waals surface area contributed by atoms with Crippen LogP contribution in [-0.2, 0) is 10.2 Å². The van der Waals surface area contributed by atoms with Crippen molar-refractivity contribution >= 4 is 14.1 Å². The smallest absolute Gasteiger partial charge is 0.250 e. The number of hydrogen-bond donors (Lipinski definition) is 0. The molecule has 0 radical (unpaired) electrons. The summed E-state index contributed by atoms with van der Waals surface area (Å²) in [5.41, 5.74) is 3.18. The molecule has 0 amide bonds. The highest BCUT2D eigenvalue weighted by molar-refractivity contribution is 6.74. The Morgan fingerprint density at radius 1 is 1.03 bits per heavy atom. The van der Waals surface area contributed by atoms with Gasteiger partial charge in [-0.25, -0.2) is 0 Å². The van der Waals surface area contributed by atoms with Gasteiger partial charge in [-0.3, -0.25) is 4.79 Å². The molecular weight excluding hydrogens is 414 g/mol. The molecule has 168 valence electrons. The second kappa shape index (κ2) is 8.04. The standard InChI is InChI=1S/C27H33NO3Si/c1-7-22(29)27(17-18-27)25-23(19-11-9-8-10-12-19)24(28-30-25)20-13-15-21(16-14-20)31-32(5,6)26(2,3)4/h8-16H,7,17-18H2,1-6H3. The second-order valence-electron chi connectivity index (χ2n) is 10.3. The summed E-state index contributed by atoms with van der Waals surface area (Å²) < 4.78 is 12.4. The monoisotopic (exact) mass is 447 g/mol. The minimum absolute atomic E-state index is 0.136. The maximum atomic E-state index is 12.8. The first-order valence-corrected chi connectivity index (χ1v) is 14.4. The van der Waals surface area contributed by atoms with Gasteiger partial charge < -0.3 is 8.95 Å². The molecule has 0 bridgehead atoms. The fourth-order valence-electron chi connectivity index (χ4n) is 3.91. The van der Waals surface area contributed by atoms with Gasteiger partial charge in [0.05, 0.1) is 11.0 Å². The molecule has 1 saturated carbocycles. The van der Waals surface area contributed by atoms with Crippen molar-refractivity contribution in [3.63, 3.8) is 0 Å². The van der Waals surface area contributed by atoms with E-state index in [4.69, 9.17) is 8.95 Å². The van der Waals surface area contributed by atoms with Gasteiger partial charge in [0.15, 0.2) is 5.76 Å². The first kappa shape index (κ1) is 22.5. The lowest BCUT2D eigenvalue weighted by molar-refractivity contribution is -0.121. The van der Waals surface area contributed by atoms with Crippen molar-refractivity contribution < 1.29 is 13.7 Å². The summed E-state index contributed by atoms with van der Waals surface area (Å²) in [5, 5.41) is 4.61. The molecule has 0 atom stereocenters. The normalized spacial score (nSPS) is 15.4. The summed E-state index contributed by atoms with van der Waals surface area (Å²) in [7, 11) is -1.91. The Morgan fingerprint density at radius 2 is 1.66 bits per heavy atom. The van der Waals surface area contributed by atoms with Gasteiger partial charge in [0.1, 0.15) is 17.2 Å². The van der Waals surface area contributed by atoms with Crippen molar-refractivity contribution in [2.24, 2.45) is 0 Å². The molecule has 0 unspecified atom stereocenters. The van der Waals surface area contributed by atoms with Crippen LogP contribution in [0.4, 0.5) is 0 Å². The lowest BCUT2D eigenvalue weighted by Gasteiger charge is -2.36. The molecule has 0 N–H and O–H groups in total. The largest absolute Gasteiger partial charge is 0.544 e. The molecule has 3 aromatic rings. The lowest BCUT2D eigenvalue weighted by atomic mass is 9.88. The molecule has 0 saturated heterocycles. The van der Waals surface area contributed by atoms with Crippen LogP contribution in [0.15, 0.2) is 59.1 Å². The van der Waals surface area contributed by atoms with Crippen LogP contribution in [0.5, 0.6) is 5.75 Å². The van der Waals surface area contributed by atoms with Crippen LogP contribution < -0.4 is 4.43 Å². The van der Waals surface area contributed by atoms with Crippen LogP contribution in [0.3, 0.4) is 0 Å². The third kappa shape index (κ3) is 3.94. The molecule has 4 rings (SSSR count). The van der Waals surface area contributed by atoms with E-state index in [1.807, 2.05) is 49.4 Å². The fourth-order valence-corrected chi connectivity index (χ4v) is 4.94. The molecular formula is C27H33NO3Si. The van der Waals surface area contributed by atoms with Crippen molar-refractivity contribution in [1.82, 2.24) is 5.16 Å². The maximum Gasteiger partial charge on any atom is 0.250 e. The predicted octanol–water partition coefficient (Wildman–Crippen LogP) is 7.40. The number of hydrogen-bond acceptors (Lipinski definition) is 4. The highest BCUT2D eigenvalue weighted by atomic mass is 28.4. The molecule has 4 nitrogen and oxygen atoms in total. The topological polar surface area (TPSA) is 52.3 Å². The number of Topliss-reactive ketones (excluding diaryl/α,β-unsaturated/α-hetero) is 1. The predicted molar refractivity (Wildman–Crippen MR) is 131 cm³/mol. The van der Waals surface area contributed by atoms with E-state index in [2.05, 4.69) is 51.2 Å². The molecule has 1 heterocycles. The molecule has 1 aliphatic carbocycles. The Hall–Kier alpha value is -2.66. The van der Waals surface area contributed by atoms with E-state index >= 15 is 0 Å². The van der Waals surface area contributed by atoms with Gasteiger partial charge in [-0.1, -0.05) is 63.2 Å². The van der Waals surface area contributed by atoms with E-state index in [-0.39, 0.29) is 10.8 Å². The second-order valence-corrected chi connectivity index (χ2v) is 15.1. The van der Waals surface area contributed by atoms with Gasteiger partial charge >= 0.3 is 0 Å². The highest BCUT2D eigenvalue weighted by Crippen LogP contribution is 2.54. The highest BCUT2D eigenvalue weighted by Gasteiger charge is 2.55. The molecule has 32 heavy (non-hydrogen) atoms. The first-order valence-electron chi connectivity index (χ1n) is 11.5. The van der Waals surface area contributed by atoms with Crippen molar-refractivity contribution in [1.29, 1.82) is 0 Å². The zero-order valence-corrected chi connectivity index (χ0v) is 21.0. The van der Waals surface area contributed by atoms with E-state index in [1.54, 1.807) is 0 Å². The van der Waals surface area contributed by atoms with Crippen molar-refractivity contribution in [3.8, 4) is 28.1 Å². The van der Waals surface area contributed by atoms with Crippen LogP contribution in [0.1, 0.15) is 52.7 Å². The number of nitrogens with zero attached hydrogens (tertiary/aromatic N) is 1. The van der Waals surface area contributed by atoms with Crippen molar-refractivity contribution in [2.45, 2.75) is 70.5 Å². The van der Waals surface area contributed by atoms with E-state index in [1.165, 1.54) is 0 Å². The molecule has 0 spiro atoms. The quantitative estimate of drug-likeness (QED) is 0.354. The number of ketones is 1. The maximum absolute atomic E-state index is 12.8. The molecule has 0 aliphatic heterocycles. The minimum atomic E-state index is -1.91. The molecule has 2 aromatic carbocycles. The summed E-state index contributed by atoms with van der Waals surface area (Å²) >= 11 is 0. The van der Waals surface area contributed by atoms with E-state index in [0.29, 0.717) is 12.2 Å². The summed E-state index contributed by atoms with van der Waals surface area (Å²) in [6, 6.07) is 18.2. The zero-order valence-electron chi connectivity index (χ0n) is 20.0. The van der Waals surface area contributed by atoms with Gasteiger partial charge in [-0.15, -0.1) is 0 Å². The zero-order chi connectivity index (χ0) is 23.1. The van der Waals surface area contributed by atoms with E-state index < -0.39 is 13.7 Å². The number of carbonyl (C=O) groups excluding carboxylic acids is 1. The summed E-state index contributed by atoms with van der Waals surface area (Å²) in [4.78, 5) is 12.8. The Balaban J connectivity index is 1.74. The minimum Gasteiger partial charge on any atom is -0.544 e. The summed E-state index contributed by atoms with van der Waals surface area (Å²) in [5.74, 6) is 1.83. The van der Waals surface area contributed by atoms with Gasteiger partial charge in [-0.2, -0.15) is 0 Å². The van der Waals surface area contributed by atoms with Crippen LogP contribution >= 0.6 is 0 Å². The average Bonchev–Trinajstić information content (AvgIpc) is 3.45. The van der Waals surface area contributed by atoms with E-state index in [9.17, 15) is 4.79 Å². The SMILES string of the molecule is CCC(=O)C1(c2onc(-c3ccc(O[Si](C)(C)C(C)(C)C)cc3)c2-c2ccccc2)CC1. The Kier molecular flexibility index (Phi) is 5.66. The molecule has 1 aliphatic rings. The summed E-state index contributed by atoms with van der Waals surface area (Å²) in [6.07, 6.45) is 2.16. The Labute approximate surface area is 192 Å². The van der Waals surface area contributed by atoms with Gasteiger partial charge in [-0.05, 0) is 60.8 Å². The van der Waals surface area contributed by atoms with Gasteiger partial charge in [0.25, 0.3) is 0 Å². The lowest BCUT2D eigenvalue weighted by Crippen LogP contribution is -2.43. The third-order valence-corrected chi connectivity index (χ3v) is 11.5. The third-order valence-electron chi connectivity index (χ3n) is 7.10. The van der Waals surface area contributed by atoms with Crippen LogP contribution in [0.2, 0.25) is 18.1 Å². The average molecular weight is 448 g/mol. The van der Waals surface area contributed by atoms with Crippen LogP contribution in [-0.4, -0.2) is 19.3 Å². The number of rotatable bonds is 7. The molecule has 1 fully saturated rings. The van der Waals surface area contributed by atoms with E-state index in [0.717, 1.165) is 41.0 Å². The van der Waals surface area contributed by atoms with Crippen molar-refractivity contribution in [3.05, 3.63) is 60.4 Å². The Morgan fingerprint density at radius 3 is 2.19 bits per heavy atom. The molecule has 1 aromatic heterocycles. The van der Waals surface area contributed by atoms with Crippen molar-refractivity contribution in [2.75, 3.05) is 0 Å². The van der Waals surface area contributed by atoms with Crippen LogP contribution in [0, 0.1) is 0 Å². The fraction of sp³-hybridized carbons (Fsp3) is 0.407. The van der Waals surface area contributed by atoms with Gasteiger partial charge in [0.2, 0.25) is 8.32 Å².